The number of halogens is 1. The first-order chi connectivity index (χ1) is 8.50. The van der Waals surface area contributed by atoms with Gasteiger partial charge in [0.25, 0.3) is 0 Å². The molecule has 0 fully saturated rings. The van der Waals surface area contributed by atoms with Gasteiger partial charge in [0.1, 0.15) is 5.82 Å². The molecule has 2 N–H and O–H groups in total. The zero-order valence-electron chi connectivity index (χ0n) is 9.96. The Morgan fingerprint density at radius 3 is 2.61 bits per heavy atom. The molecule has 2 rings (SSSR count). The number of hydrazine groups is 1. The Kier molecular flexibility index (Phi) is 3.31. The van der Waals surface area contributed by atoms with Crippen LogP contribution in [0.4, 0.5) is 5.95 Å². The maximum absolute atomic E-state index is 11.7. The van der Waals surface area contributed by atoms with Crippen LogP contribution in [0.3, 0.4) is 0 Å². The lowest BCUT2D eigenvalue weighted by Gasteiger charge is -2.13. The van der Waals surface area contributed by atoms with Crippen molar-refractivity contribution in [1.82, 2.24) is 14.5 Å². The molecule has 18 heavy (non-hydrogen) atoms. The molecule has 0 saturated carbocycles. The van der Waals surface area contributed by atoms with Crippen molar-refractivity contribution in [3.05, 3.63) is 39.8 Å². The van der Waals surface area contributed by atoms with Crippen molar-refractivity contribution in [3.8, 4) is 11.4 Å². The van der Waals surface area contributed by atoms with Crippen LogP contribution in [-0.2, 0) is 7.05 Å². The van der Waals surface area contributed by atoms with Crippen molar-refractivity contribution >= 4 is 17.5 Å². The molecular weight excluding hydrogens is 254 g/mol. The van der Waals surface area contributed by atoms with Crippen LogP contribution >= 0.6 is 11.6 Å². The van der Waals surface area contributed by atoms with E-state index in [2.05, 4.69) is 9.97 Å². The van der Waals surface area contributed by atoms with Gasteiger partial charge in [-0.3, -0.25) is 9.58 Å². The molecule has 0 aliphatic carbocycles. The molecule has 0 spiro atoms. The van der Waals surface area contributed by atoms with E-state index in [0.717, 1.165) is 0 Å². The third-order valence-electron chi connectivity index (χ3n) is 2.44. The van der Waals surface area contributed by atoms with E-state index in [4.69, 9.17) is 17.4 Å². The van der Waals surface area contributed by atoms with Crippen LogP contribution in [0.15, 0.2) is 29.1 Å². The summed E-state index contributed by atoms with van der Waals surface area (Å²) in [6, 6.07) is 7.14. The van der Waals surface area contributed by atoms with Crippen molar-refractivity contribution in [1.29, 1.82) is 0 Å². The van der Waals surface area contributed by atoms with Gasteiger partial charge in [0.15, 0.2) is 0 Å². The van der Waals surface area contributed by atoms with Gasteiger partial charge in [-0.1, -0.05) is 23.7 Å². The molecule has 0 amide bonds. The average Bonchev–Trinajstić information content (AvgIpc) is 2.33. The normalized spacial score (nSPS) is 10.4. The fourth-order valence-electron chi connectivity index (χ4n) is 1.49. The van der Waals surface area contributed by atoms with Gasteiger partial charge in [0, 0.05) is 19.7 Å². The number of nitrogens with zero attached hydrogens (tertiary/aromatic N) is 4. The Morgan fingerprint density at radius 2 is 2.00 bits per heavy atom. The molecule has 0 unspecified atom stereocenters. The van der Waals surface area contributed by atoms with Crippen LogP contribution < -0.4 is 16.5 Å². The van der Waals surface area contributed by atoms with E-state index in [0.29, 0.717) is 16.4 Å². The molecule has 0 saturated heterocycles. The minimum Gasteiger partial charge on any atom is -0.282 e. The smallest absolute Gasteiger partial charge is 0.282 e. The van der Waals surface area contributed by atoms with Crippen molar-refractivity contribution in [2.75, 3.05) is 12.1 Å². The molecular formula is C11H12ClN5O. The quantitative estimate of drug-likeness (QED) is 0.642. The molecule has 0 bridgehead atoms. The van der Waals surface area contributed by atoms with Gasteiger partial charge in [0.2, 0.25) is 5.95 Å². The molecule has 0 aliphatic heterocycles. The standard InChI is InChI=1S/C11H12ClN5O/c1-16-9(7-5-3-4-6-8(7)12)14-10(17(2)13)15-11(16)18/h3-6H,13H2,1-2H3. The fraction of sp³-hybridized carbons (Fsp3) is 0.182. The van der Waals surface area contributed by atoms with Crippen molar-refractivity contribution in [2.24, 2.45) is 12.9 Å². The number of nitrogens with two attached hydrogens (primary N) is 1. The van der Waals surface area contributed by atoms with Gasteiger partial charge in [-0.15, -0.1) is 0 Å². The summed E-state index contributed by atoms with van der Waals surface area (Å²) in [5.41, 5.74) is 0.219. The summed E-state index contributed by atoms with van der Waals surface area (Å²) in [6.07, 6.45) is 0. The first-order valence-corrected chi connectivity index (χ1v) is 5.57. The Hall–Kier alpha value is -1.92. The number of rotatable bonds is 2. The number of hydrogen-bond acceptors (Lipinski definition) is 5. The Labute approximate surface area is 109 Å². The highest BCUT2D eigenvalue weighted by Crippen LogP contribution is 2.25. The highest BCUT2D eigenvalue weighted by Gasteiger charge is 2.12. The van der Waals surface area contributed by atoms with E-state index in [-0.39, 0.29) is 5.95 Å². The fourth-order valence-corrected chi connectivity index (χ4v) is 1.71. The van der Waals surface area contributed by atoms with Gasteiger partial charge < -0.3 is 0 Å². The van der Waals surface area contributed by atoms with Crippen molar-refractivity contribution in [3.63, 3.8) is 0 Å². The van der Waals surface area contributed by atoms with Gasteiger partial charge in [0.05, 0.1) is 5.02 Å². The number of aromatic nitrogens is 3. The minimum absolute atomic E-state index is 0.146. The lowest BCUT2D eigenvalue weighted by atomic mass is 10.2. The Morgan fingerprint density at radius 1 is 1.33 bits per heavy atom. The molecule has 0 atom stereocenters. The SMILES string of the molecule is CN(N)c1nc(-c2ccccc2Cl)n(C)c(=O)n1. The summed E-state index contributed by atoms with van der Waals surface area (Å²) >= 11 is 6.09. The van der Waals surface area contributed by atoms with Crippen LogP contribution in [0.1, 0.15) is 0 Å². The predicted molar refractivity (Wildman–Crippen MR) is 70.3 cm³/mol. The first-order valence-electron chi connectivity index (χ1n) is 5.19. The second-order valence-corrected chi connectivity index (χ2v) is 4.19. The lowest BCUT2D eigenvalue weighted by molar-refractivity contribution is 0.765. The monoisotopic (exact) mass is 265 g/mol. The average molecular weight is 266 g/mol. The third-order valence-corrected chi connectivity index (χ3v) is 2.77. The van der Waals surface area contributed by atoms with E-state index in [1.165, 1.54) is 9.58 Å². The second-order valence-electron chi connectivity index (χ2n) is 3.78. The van der Waals surface area contributed by atoms with Gasteiger partial charge in [-0.25, -0.2) is 10.6 Å². The van der Waals surface area contributed by atoms with E-state index >= 15 is 0 Å². The van der Waals surface area contributed by atoms with Gasteiger partial charge in [-0.2, -0.15) is 9.97 Å². The van der Waals surface area contributed by atoms with Crippen LogP contribution in [0.25, 0.3) is 11.4 Å². The van der Waals surface area contributed by atoms with Gasteiger partial charge >= 0.3 is 5.69 Å². The minimum atomic E-state index is -0.438. The summed E-state index contributed by atoms with van der Waals surface area (Å²) in [5.74, 6) is 6.12. The summed E-state index contributed by atoms with van der Waals surface area (Å²) in [7, 11) is 3.15. The number of benzene rings is 1. The van der Waals surface area contributed by atoms with Crippen LogP contribution in [0.5, 0.6) is 0 Å². The third kappa shape index (κ3) is 2.20. The Bertz CT molecular complexity index is 638. The van der Waals surface area contributed by atoms with Crippen LogP contribution in [0, 0.1) is 0 Å². The van der Waals surface area contributed by atoms with E-state index in [1.54, 1.807) is 32.3 Å². The predicted octanol–water partition coefficient (Wildman–Crippen LogP) is 0.806. The second kappa shape index (κ2) is 4.75. The van der Waals surface area contributed by atoms with Crippen molar-refractivity contribution in [2.45, 2.75) is 0 Å². The van der Waals surface area contributed by atoms with Crippen LogP contribution in [-0.4, -0.2) is 21.6 Å². The Balaban J connectivity index is 2.71. The molecule has 7 heteroatoms. The molecule has 0 radical (unpaired) electrons. The number of anilines is 1. The first kappa shape index (κ1) is 12.5. The zero-order chi connectivity index (χ0) is 13.3. The zero-order valence-corrected chi connectivity index (χ0v) is 10.7. The molecule has 1 aromatic carbocycles. The summed E-state index contributed by atoms with van der Waals surface area (Å²) in [4.78, 5) is 19.7. The topological polar surface area (TPSA) is 77.0 Å². The molecule has 94 valence electrons. The number of hydrogen-bond donors (Lipinski definition) is 1. The van der Waals surface area contributed by atoms with E-state index in [9.17, 15) is 4.79 Å². The molecule has 1 heterocycles. The highest BCUT2D eigenvalue weighted by atomic mass is 35.5. The molecule has 0 aliphatic rings. The summed E-state index contributed by atoms with van der Waals surface area (Å²) < 4.78 is 1.33. The van der Waals surface area contributed by atoms with Gasteiger partial charge in [-0.05, 0) is 12.1 Å². The maximum atomic E-state index is 11.7. The molecule has 1 aromatic heterocycles. The molecule has 2 aromatic rings. The summed E-state index contributed by atoms with van der Waals surface area (Å²) in [6.45, 7) is 0. The van der Waals surface area contributed by atoms with Crippen molar-refractivity contribution < 1.29 is 0 Å². The largest absolute Gasteiger partial charge is 0.352 e. The van der Waals surface area contributed by atoms with E-state index < -0.39 is 5.69 Å². The van der Waals surface area contributed by atoms with Crippen LogP contribution in [0.2, 0.25) is 5.02 Å². The summed E-state index contributed by atoms with van der Waals surface area (Å²) in [5, 5.41) is 1.69. The maximum Gasteiger partial charge on any atom is 0.352 e. The highest BCUT2D eigenvalue weighted by molar-refractivity contribution is 6.33. The molecule has 6 nitrogen and oxygen atoms in total. The van der Waals surface area contributed by atoms with E-state index in [1.807, 2.05) is 6.07 Å². The lowest BCUT2D eigenvalue weighted by Crippen LogP contribution is -2.33.